The second-order valence-electron chi connectivity index (χ2n) is 5.14. The highest BCUT2D eigenvalue weighted by atomic mass is 16.5. The Morgan fingerprint density at radius 1 is 1.14 bits per heavy atom. The highest BCUT2D eigenvalue weighted by Crippen LogP contribution is 2.33. The number of ether oxygens (including phenoxy) is 1. The summed E-state index contributed by atoms with van der Waals surface area (Å²) in [7, 11) is 1.62. The van der Waals surface area contributed by atoms with E-state index in [1.807, 2.05) is 42.5 Å². The van der Waals surface area contributed by atoms with E-state index in [1.165, 1.54) is 0 Å². The molecule has 0 saturated carbocycles. The largest absolute Gasteiger partial charge is 0.497 e. The van der Waals surface area contributed by atoms with Crippen LogP contribution in [0.1, 0.15) is 25.3 Å². The molecule has 2 rings (SSSR count). The SMILES string of the molecule is COc1cccc(N(C(=N)N)c2ccccc2C(C)C)c1. The van der Waals surface area contributed by atoms with E-state index >= 15 is 0 Å². The summed E-state index contributed by atoms with van der Waals surface area (Å²) in [6, 6.07) is 15.6. The standard InChI is InChI=1S/C17H21N3O/c1-12(2)15-9-4-5-10-16(15)20(17(18)19)13-7-6-8-14(11-13)21-3/h4-12H,1-3H3,(H3,18,19). The van der Waals surface area contributed by atoms with Gasteiger partial charge in [-0.2, -0.15) is 0 Å². The third-order valence-corrected chi connectivity index (χ3v) is 3.35. The van der Waals surface area contributed by atoms with Crippen LogP contribution in [0.15, 0.2) is 48.5 Å². The van der Waals surface area contributed by atoms with Crippen LogP contribution in [0, 0.1) is 5.41 Å². The van der Waals surface area contributed by atoms with Gasteiger partial charge in [-0.1, -0.05) is 38.1 Å². The van der Waals surface area contributed by atoms with Gasteiger partial charge in [0.2, 0.25) is 0 Å². The average molecular weight is 283 g/mol. The number of nitrogens with one attached hydrogen (secondary N) is 1. The van der Waals surface area contributed by atoms with Gasteiger partial charge in [0.15, 0.2) is 5.96 Å². The van der Waals surface area contributed by atoms with Crippen LogP contribution in [0.25, 0.3) is 0 Å². The van der Waals surface area contributed by atoms with E-state index in [0.29, 0.717) is 5.92 Å². The van der Waals surface area contributed by atoms with Gasteiger partial charge in [0.05, 0.1) is 18.5 Å². The summed E-state index contributed by atoms with van der Waals surface area (Å²) in [4.78, 5) is 1.73. The fraction of sp³-hybridized carbons (Fsp3) is 0.235. The predicted octanol–water partition coefficient (Wildman–Crippen LogP) is 3.85. The second-order valence-corrected chi connectivity index (χ2v) is 5.14. The van der Waals surface area contributed by atoms with Gasteiger partial charge in [0.25, 0.3) is 0 Å². The van der Waals surface area contributed by atoms with Gasteiger partial charge in [-0.25, -0.2) is 0 Å². The monoisotopic (exact) mass is 283 g/mol. The maximum Gasteiger partial charge on any atom is 0.197 e. The third kappa shape index (κ3) is 3.16. The summed E-state index contributed by atoms with van der Waals surface area (Å²) in [5.41, 5.74) is 8.72. The Hall–Kier alpha value is -2.49. The van der Waals surface area contributed by atoms with Gasteiger partial charge in [-0.3, -0.25) is 10.3 Å². The third-order valence-electron chi connectivity index (χ3n) is 3.35. The van der Waals surface area contributed by atoms with Crippen molar-refractivity contribution in [1.29, 1.82) is 5.41 Å². The number of guanidine groups is 1. The number of hydrogen-bond donors (Lipinski definition) is 2. The molecule has 0 aliphatic carbocycles. The molecule has 2 aromatic carbocycles. The van der Waals surface area contributed by atoms with E-state index in [0.717, 1.165) is 22.7 Å². The smallest absolute Gasteiger partial charge is 0.197 e. The summed E-state index contributed by atoms with van der Waals surface area (Å²) >= 11 is 0. The normalized spacial score (nSPS) is 10.5. The van der Waals surface area contributed by atoms with Crippen LogP contribution >= 0.6 is 0 Å². The molecule has 2 aromatic rings. The molecule has 110 valence electrons. The summed E-state index contributed by atoms with van der Waals surface area (Å²) < 4.78 is 5.26. The van der Waals surface area contributed by atoms with Gasteiger partial charge < -0.3 is 10.5 Å². The van der Waals surface area contributed by atoms with Crippen LogP contribution in [0.2, 0.25) is 0 Å². The van der Waals surface area contributed by atoms with Crippen molar-refractivity contribution < 1.29 is 4.74 Å². The Kier molecular flexibility index (Phi) is 4.48. The number of anilines is 2. The summed E-state index contributed by atoms with van der Waals surface area (Å²) in [5, 5.41) is 7.95. The van der Waals surface area contributed by atoms with Crippen molar-refractivity contribution in [3.63, 3.8) is 0 Å². The number of nitrogens with zero attached hydrogens (tertiary/aromatic N) is 1. The number of benzene rings is 2. The van der Waals surface area contributed by atoms with E-state index in [1.54, 1.807) is 12.0 Å². The summed E-state index contributed by atoms with van der Waals surface area (Å²) in [5.74, 6) is 1.06. The first-order chi connectivity index (χ1) is 10.0. The lowest BCUT2D eigenvalue weighted by molar-refractivity contribution is 0.415. The predicted molar refractivity (Wildman–Crippen MR) is 87.6 cm³/mol. The van der Waals surface area contributed by atoms with Crippen molar-refractivity contribution in [1.82, 2.24) is 0 Å². The minimum atomic E-state index is -0.0173. The molecule has 0 aromatic heterocycles. The molecule has 3 N–H and O–H groups in total. The first-order valence-corrected chi connectivity index (χ1v) is 6.91. The second kappa shape index (κ2) is 6.31. The fourth-order valence-corrected chi connectivity index (χ4v) is 2.34. The molecule has 21 heavy (non-hydrogen) atoms. The Bertz CT molecular complexity index is 637. The molecule has 0 saturated heterocycles. The summed E-state index contributed by atoms with van der Waals surface area (Å²) in [6.45, 7) is 4.26. The molecular weight excluding hydrogens is 262 g/mol. The van der Waals surface area contributed by atoms with Crippen LogP contribution in [-0.4, -0.2) is 13.1 Å². The fourth-order valence-electron chi connectivity index (χ4n) is 2.34. The maximum atomic E-state index is 7.95. The number of methoxy groups -OCH3 is 1. The first kappa shape index (κ1) is 14.9. The highest BCUT2D eigenvalue weighted by molar-refractivity contribution is 6.00. The van der Waals surface area contributed by atoms with Gasteiger partial charge >= 0.3 is 0 Å². The Morgan fingerprint density at radius 2 is 1.86 bits per heavy atom. The Morgan fingerprint density at radius 3 is 2.48 bits per heavy atom. The Balaban J connectivity index is 2.56. The van der Waals surface area contributed by atoms with Crippen molar-refractivity contribution in [3.05, 3.63) is 54.1 Å². The number of nitrogens with two attached hydrogens (primary N) is 1. The molecule has 0 bridgehead atoms. The van der Waals surface area contributed by atoms with E-state index in [2.05, 4.69) is 19.9 Å². The number of hydrogen-bond acceptors (Lipinski definition) is 2. The zero-order valence-electron chi connectivity index (χ0n) is 12.6. The minimum Gasteiger partial charge on any atom is -0.497 e. The molecular formula is C17H21N3O. The highest BCUT2D eigenvalue weighted by Gasteiger charge is 2.17. The van der Waals surface area contributed by atoms with Crippen LogP contribution in [-0.2, 0) is 0 Å². The van der Waals surface area contributed by atoms with Gasteiger partial charge in [-0.05, 0) is 29.7 Å². The van der Waals surface area contributed by atoms with Crippen LogP contribution < -0.4 is 15.4 Å². The minimum absolute atomic E-state index is 0.0173. The molecule has 0 aliphatic heterocycles. The maximum absolute atomic E-state index is 7.95. The van der Waals surface area contributed by atoms with Crippen molar-refractivity contribution in [2.24, 2.45) is 5.73 Å². The molecule has 0 spiro atoms. The van der Waals surface area contributed by atoms with Gasteiger partial charge in [-0.15, -0.1) is 0 Å². The molecule has 0 aliphatic rings. The first-order valence-electron chi connectivity index (χ1n) is 6.91. The molecule has 4 heteroatoms. The Labute approximate surface area is 125 Å². The summed E-state index contributed by atoms with van der Waals surface area (Å²) in [6.07, 6.45) is 0. The van der Waals surface area contributed by atoms with E-state index in [4.69, 9.17) is 15.9 Å². The molecule has 0 atom stereocenters. The van der Waals surface area contributed by atoms with E-state index < -0.39 is 0 Å². The molecule has 0 fully saturated rings. The van der Waals surface area contributed by atoms with Crippen LogP contribution in [0.4, 0.5) is 11.4 Å². The van der Waals surface area contributed by atoms with Crippen LogP contribution in [0.3, 0.4) is 0 Å². The van der Waals surface area contributed by atoms with Gasteiger partial charge in [0, 0.05) is 6.07 Å². The topological polar surface area (TPSA) is 62.3 Å². The van der Waals surface area contributed by atoms with Crippen molar-refractivity contribution in [2.75, 3.05) is 12.0 Å². The molecule has 0 radical (unpaired) electrons. The molecule has 0 unspecified atom stereocenters. The molecule has 4 nitrogen and oxygen atoms in total. The lowest BCUT2D eigenvalue weighted by Crippen LogP contribution is -2.33. The van der Waals surface area contributed by atoms with Gasteiger partial charge in [0.1, 0.15) is 5.75 Å². The zero-order valence-corrected chi connectivity index (χ0v) is 12.6. The van der Waals surface area contributed by atoms with Crippen molar-refractivity contribution >= 4 is 17.3 Å². The van der Waals surface area contributed by atoms with Crippen LogP contribution in [0.5, 0.6) is 5.75 Å². The van der Waals surface area contributed by atoms with Crippen molar-refractivity contribution in [2.45, 2.75) is 19.8 Å². The number of para-hydroxylation sites is 1. The van der Waals surface area contributed by atoms with Crippen molar-refractivity contribution in [3.8, 4) is 5.75 Å². The number of rotatable bonds is 4. The molecule has 0 heterocycles. The zero-order chi connectivity index (χ0) is 15.4. The average Bonchev–Trinajstić information content (AvgIpc) is 2.47. The van der Waals surface area contributed by atoms with E-state index in [9.17, 15) is 0 Å². The lowest BCUT2D eigenvalue weighted by Gasteiger charge is -2.26. The molecule has 0 amide bonds. The quantitative estimate of drug-likeness (QED) is 0.661. The van der Waals surface area contributed by atoms with E-state index in [-0.39, 0.29) is 5.96 Å². The lowest BCUT2D eigenvalue weighted by atomic mass is 10.00.